The Bertz CT molecular complexity index is 1530. The number of aromatic nitrogens is 4. The summed E-state index contributed by atoms with van der Waals surface area (Å²) in [5.74, 6) is 2.14. The van der Waals surface area contributed by atoms with Crippen molar-refractivity contribution in [1.82, 2.24) is 19.7 Å². The standard InChI is InChI=1S/C26H22N4O3S/c1-17-7-5-9-19(13-17)24-28-23(33-29-24)16-34-26-27-22-12-4-3-11-21(22)25(31)30(26)15-18-8-6-10-20(14-18)32-2/h3-14H,15-16H2,1-2H3. The van der Waals surface area contributed by atoms with Crippen molar-refractivity contribution in [2.45, 2.75) is 24.4 Å². The number of hydrogen-bond acceptors (Lipinski definition) is 7. The van der Waals surface area contributed by atoms with Crippen molar-refractivity contribution in [2.24, 2.45) is 0 Å². The van der Waals surface area contributed by atoms with E-state index in [9.17, 15) is 4.79 Å². The molecule has 2 aromatic heterocycles. The lowest BCUT2D eigenvalue weighted by molar-refractivity contribution is 0.391. The Labute approximate surface area is 200 Å². The van der Waals surface area contributed by atoms with Crippen LogP contribution in [0.2, 0.25) is 0 Å². The van der Waals surface area contributed by atoms with E-state index in [0.29, 0.717) is 40.1 Å². The van der Waals surface area contributed by atoms with Gasteiger partial charge in [-0.1, -0.05) is 64.9 Å². The van der Waals surface area contributed by atoms with Crippen molar-refractivity contribution < 1.29 is 9.26 Å². The number of rotatable bonds is 7. The van der Waals surface area contributed by atoms with Gasteiger partial charge in [0.25, 0.3) is 5.56 Å². The number of benzene rings is 3. The SMILES string of the molecule is COc1cccc(Cn2c(SCc3nc(-c4cccc(C)c4)no3)nc3ccccc3c2=O)c1. The highest BCUT2D eigenvalue weighted by Gasteiger charge is 2.15. The summed E-state index contributed by atoms with van der Waals surface area (Å²) in [6.07, 6.45) is 0. The van der Waals surface area contributed by atoms with Gasteiger partial charge in [0.15, 0.2) is 5.16 Å². The van der Waals surface area contributed by atoms with E-state index in [2.05, 4.69) is 10.1 Å². The Hall–Kier alpha value is -3.91. The molecule has 0 radical (unpaired) electrons. The fourth-order valence-corrected chi connectivity index (χ4v) is 4.53. The first-order valence-electron chi connectivity index (χ1n) is 10.8. The highest BCUT2D eigenvalue weighted by Crippen LogP contribution is 2.25. The Morgan fingerprint density at radius 1 is 1.00 bits per heavy atom. The molecule has 0 spiro atoms. The van der Waals surface area contributed by atoms with E-state index in [1.165, 1.54) is 11.8 Å². The van der Waals surface area contributed by atoms with E-state index in [1.54, 1.807) is 17.7 Å². The summed E-state index contributed by atoms with van der Waals surface area (Å²) in [6, 6.07) is 23.0. The molecule has 0 aliphatic rings. The molecular weight excluding hydrogens is 448 g/mol. The molecule has 8 heteroatoms. The molecule has 0 atom stereocenters. The summed E-state index contributed by atoms with van der Waals surface area (Å²) in [6.45, 7) is 2.39. The zero-order chi connectivity index (χ0) is 23.5. The molecule has 0 N–H and O–H groups in total. The summed E-state index contributed by atoms with van der Waals surface area (Å²) in [7, 11) is 1.62. The van der Waals surface area contributed by atoms with E-state index in [0.717, 1.165) is 22.4 Å². The van der Waals surface area contributed by atoms with Crippen LogP contribution >= 0.6 is 11.8 Å². The van der Waals surface area contributed by atoms with Gasteiger partial charge in [0.05, 0.1) is 30.3 Å². The van der Waals surface area contributed by atoms with Crippen LogP contribution in [0.1, 0.15) is 17.0 Å². The molecule has 0 unspecified atom stereocenters. The van der Waals surface area contributed by atoms with Gasteiger partial charge in [-0.05, 0) is 42.8 Å². The average molecular weight is 471 g/mol. The molecule has 0 bridgehead atoms. The maximum atomic E-state index is 13.4. The number of aryl methyl sites for hydroxylation is 1. The summed E-state index contributed by atoms with van der Waals surface area (Å²) in [5.41, 5.74) is 3.53. The minimum absolute atomic E-state index is 0.0955. The molecule has 0 aliphatic carbocycles. The van der Waals surface area contributed by atoms with Crippen molar-refractivity contribution in [3.8, 4) is 17.1 Å². The van der Waals surface area contributed by atoms with Gasteiger partial charge in [0, 0.05) is 5.56 Å². The fraction of sp³-hybridized carbons (Fsp3) is 0.154. The second-order valence-electron chi connectivity index (χ2n) is 7.82. The smallest absolute Gasteiger partial charge is 0.262 e. The van der Waals surface area contributed by atoms with Crippen LogP contribution in [0, 0.1) is 6.92 Å². The summed E-state index contributed by atoms with van der Waals surface area (Å²) >= 11 is 1.39. The van der Waals surface area contributed by atoms with Crippen molar-refractivity contribution in [2.75, 3.05) is 7.11 Å². The first-order valence-corrected chi connectivity index (χ1v) is 11.7. The van der Waals surface area contributed by atoms with E-state index >= 15 is 0 Å². The quantitative estimate of drug-likeness (QED) is 0.242. The molecule has 170 valence electrons. The highest BCUT2D eigenvalue weighted by molar-refractivity contribution is 7.98. The minimum Gasteiger partial charge on any atom is -0.497 e. The Balaban J connectivity index is 1.46. The van der Waals surface area contributed by atoms with Gasteiger partial charge in [-0.3, -0.25) is 9.36 Å². The maximum absolute atomic E-state index is 13.4. The summed E-state index contributed by atoms with van der Waals surface area (Å²) in [5, 5.41) is 5.28. The van der Waals surface area contributed by atoms with E-state index in [4.69, 9.17) is 14.2 Å². The molecule has 5 aromatic rings. The fourth-order valence-electron chi connectivity index (χ4n) is 3.69. The van der Waals surface area contributed by atoms with Crippen molar-refractivity contribution in [1.29, 1.82) is 0 Å². The number of methoxy groups -OCH3 is 1. The first kappa shape index (κ1) is 21.9. The first-order chi connectivity index (χ1) is 16.6. The van der Waals surface area contributed by atoms with Gasteiger partial charge in [-0.2, -0.15) is 4.98 Å². The van der Waals surface area contributed by atoms with Gasteiger partial charge < -0.3 is 9.26 Å². The molecular formula is C26H22N4O3S. The predicted molar refractivity (Wildman–Crippen MR) is 132 cm³/mol. The van der Waals surface area contributed by atoms with Crippen molar-refractivity contribution in [3.05, 3.63) is 100 Å². The second-order valence-corrected chi connectivity index (χ2v) is 8.77. The zero-order valence-electron chi connectivity index (χ0n) is 18.8. The van der Waals surface area contributed by atoms with Crippen LogP contribution < -0.4 is 10.3 Å². The maximum Gasteiger partial charge on any atom is 0.262 e. The van der Waals surface area contributed by atoms with Crippen LogP contribution in [0.5, 0.6) is 5.75 Å². The second kappa shape index (κ2) is 9.52. The normalized spacial score (nSPS) is 11.1. The molecule has 0 aliphatic heterocycles. The predicted octanol–water partition coefficient (Wildman–Crippen LogP) is 5.10. The molecule has 7 nitrogen and oxygen atoms in total. The molecule has 0 amide bonds. The number of hydrogen-bond donors (Lipinski definition) is 0. The van der Waals surface area contributed by atoms with E-state index < -0.39 is 0 Å². The van der Waals surface area contributed by atoms with Gasteiger partial charge in [0.2, 0.25) is 11.7 Å². The van der Waals surface area contributed by atoms with Gasteiger partial charge in [0.1, 0.15) is 5.75 Å². The number of para-hydroxylation sites is 1. The Morgan fingerprint density at radius 2 is 1.85 bits per heavy atom. The number of ether oxygens (including phenoxy) is 1. The molecule has 0 fully saturated rings. The lowest BCUT2D eigenvalue weighted by Crippen LogP contribution is -2.24. The summed E-state index contributed by atoms with van der Waals surface area (Å²) in [4.78, 5) is 22.7. The monoisotopic (exact) mass is 470 g/mol. The third kappa shape index (κ3) is 4.58. The van der Waals surface area contributed by atoms with E-state index in [1.807, 2.05) is 73.7 Å². The largest absolute Gasteiger partial charge is 0.497 e. The Kier molecular flexibility index (Phi) is 6.14. The number of nitrogens with zero attached hydrogens (tertiary/aromatic N) is 4. The van der Waals surface area contributed by atoms with Gasteiger partial charge in [-0.25, -0.2) is 4.98 Å². The molecule has 0 saturated heterocycles. The van der Waals surface area contributed by atoms with E-state index in [-0.39, 0.29) is 5.56 Å². The van der Waals surface area contributed by atoms with Crippen LogP contribution in [-0.4, -0.2) is 26.8 Å². The molecule has 0 saturated carbocycles. The van der Waals surface area contributed by atoms with Crippen molar-refractivity contribution in [3.63, 3.8) is 0 Å². The highest BCUT2D eigenvalue weighted by atomic mass is 32.2. The number of thioether (sulfide) groups is 1. The molecule has 3 aromatic carbocycles. The Morgan fingerprint density at radius 3 is 2.71 bits per heavy atom. The molecule has 2 heterocycles. The van der Waals surface area contributed by atoms with Crippen LogP contribution in [0.25, 0.3) is 22.3 Å². The lowest BCUT2D eigenvalue weighted by Gasteiger charge is -2.13. The summed E-state index contributed by atoms with van der Waals surface area (Å²) < 4.78 is 12.5. The van der Waals surface area contributed by atoms with Gasteiger partial charge in [-0.15, -0.1) is 0 Å². The third-order valence-electron chi connectivity index (χ3n) is 5.37. The van der Waals surface area contributed by atoms with Crippen LogP contribution in [0.3, 0.4) is 0 Å². The van der Waals surface area contributed by atoms with Crippen molar-refractivity contribution >= 4 is 22.7 Å². The zero-order valence-corrected chi connectivity index (χ0v) is 19.6. The lowest BCUT2D eigenvalue weighted by atomic mass is 10.1. The van der Waals surface area contributed by atoms with Crippen LogP contribution in [0.15, 0.2) is 87.3 Å². The molecule has 34 heavy (non-hydrogen) atoms. The third-order valence-corrected chi connectivity index (χ3v) is 6.33. The topological polar surface area (TPSA) is 83.0 Å². The molecule has 5 rings (SSSR count). The van der Waals surface area contributed by atoms with Crippen LogP contribution in [0.4, 0.5) is 0 Å². The average Bonchev–Trinajstić information content (AvgIpc) is 3.34. The van der Waals surface area contributed by atoms with Crippen LogP contribution in [-0.2, 0) is 12.3 Å². The minimum atomic E-state index is -0.0955. The number of fused-ring (bicyclic) bond motifs is 1. The van der Waals surface area contributed by atoms with Gasteiger partial charge >= 0.3 is 0 Å².